The van der Waals surface area contributed by atoms with E-state index in [0.29, 0.717) is 29.0 Å². The molecule has 30 heavy (non-hydrogen) atoms. The number of hydrogen-bond acceptors (Lipinski definition) is 8. The Morgan fingerprint density at radius 1 is 1.27 bits per heavy atom. The number of thioether (sulfide) groups is 1. The maximum absolute atomic E-state index is 12.6. The summed E-state index contributed by atoms with van der Waals surface area (Å²) in [5.74, 6) is 0.823. The number of amides is 1. The molecule has 0 spiro atoms. The van der Waals surface area contributed by atoms with Gasteiger partial charge in [-0.25, -0.2) is 0 Å². The molecule has 0 aromatic carbocycles. The quantitative estimate of drug-likeness (QED) is 0.397. The first-order valence-corrected chi connectivity index (χ1v) is 11.7. The smallest absolute Gasteiger partial charge is 0.277 e. The number of thiophene rings is 2. The van der Waals surface area contributed by atoms with E-state index in [9.17, 15) is 10.1 Å². The molecular weight excluding hydrogens is 438 g/mol. The van der Waals surface area contributed by atoms with Crippen molar-refractivity contribution in [3.8, 4) is 16.8 Å². The molecular formula is C20H17N5O2S3. The molecule has 0 aliphatic heterocycles. The summed E-state index contributed by atoms with van der Waals surface area (Å²) in [4.78, 5) is 14.7. The van der Waals surface area contributed by atoms with E-state index >= 15 is 0 Å². The molecule has 0 unspecified atom stereocenters. The molecule has 1 amide bonds. The Balaban J connectivity index is 1.47. The summed E-state index contributed by atoms with van der Waals surface area (Å²) in [7, 11) is 0. The SMILES string of the molecule is Cc1c(C#N)c(NC(=O)CSc2nnc(-c3cccs3)o2)n(Cc2cccs2)c1C. The van der Waals surface area contributed by atoms with Gasteiger partial charge < -0.3 is 14.3 Å². The van der Waals surface area contributed by atoms with Crippen LogP contribution in [0, 0.1) is 25.2 Å². The molecule has 7 nitrogen and oxygen atoms in total. The van der Waals surface area contributed by atoms with Crippen LogP contribution in [0.2, 0.25) is 0 Å². The van der Waals surface area contributed by atoms with Crippen LogP contribution in [0.4, 0.5) is 5.82 Å². The van der Waals surface area contributed by atoms with Crippen LogP contribution in [0.1, 0.15) is 21.7 Å². The second-order valence-corrected chi connectivity index (χ2v) is 9.31. The van der Waals surface area contributed by atoms with Crippen molar-refractivity contribution in [1.82, 2.24) is 14.8 Å². The molecule has 0 saturated heterocycles. The molecule has 4 aromatic rings. The molecule has 0 bridgehead atoms. The van der Waals surface area contributed by atoms with Crippen LogP contribution in [-0.4, -0.2) is 26.4 Å². The van der Waals surface area contributed by atoms with Crippen LogP contribution < -0.4 is 5.32 Å². The number of carbonyl (C=O) groups excluding carboxylic acids is 1. The van der Waals surface area contributed by atoms with Crippen molar-refractivity contribution < 1.29 is 9.21 Å². The minimum atomic E-state index is -0.239. The molecule has 0 fully saturated rings. The Labute approximate surface area is 185 Å². The fourth-order valence-corrected chi connectivity index (χ4v) is 4.85. The summed E-state index contributed by atoms with van der Waals surface area (Å²) in [6, 6.07) is 10.1. The van der Waals surface area contributed by atoms with Gasteiger partial charge in [-0.15, -0.1) is 32.9 Å². The molecule has 4 rings (SSSR count). The first-order valence-electron chi connectivity index (χ1n) is 8.99. The Bertz CT molecular complexity index is 1200. The van der Waals surface area contributed by atoms with Crippen LogP contribution in [0.3, 0.4) is 0 Å². The van der Waals surface area contributed by atoms with Crippen LogP contribution >= 0.6 is 34.4 Å². The number of anilines is 1. The highest BCUT2D eigenvalue weighted by Gasteiger charge is 2.20. The molecule has 0 aliphatic rings. The van der Waals surface area contributed by atoms with Gasteiger partial charge in [-0.2, -0.15) is 5.26 Å². The summed E-state index contributed by atoms with van der Waals surface area (Å²) >= 11 is 4.31. The van der Waals surface area contributed by atoms with Crippen molar-refractivity contribution in [3.05, 3.63) is 56.7 Å². The zero-order valence-corrected chi connectivity index (χ0v) is 18.7. The van der Waals surface area contributed by atoms with E-state index < -0.39 is 0 Å². The molecule has 1 N–H and O–H groups in total. The van der Waals surface area contributed by atoms with E-state index in [1.807, 2.05) is 53.4 Å². The standard InChI is InChI=1S/C20H17N5O2S3/c1-12-13(2)25(10-14-5-3-7-28-14)18(15(12)9-21)22-17(26)11-30-20-24-23-19(27-20)16-6-4-8-29-16/h3-8H,10-11H2,1-2H3,(H,22,26). The number of rotatable bonds is 7. The Kier molecular flexibility index (Phi) is 6.03. The predicted molar refractivity (Wildman–Crippen MR) is 119 cm³/mol. The Morgan fingerprint density at radius 3 is 2.77 bits per heavy atom. The van der Waals surface area contributed by atoms with Gasteiger partial charge in [0.2, 0.25) is 5.91 Å². The van der Waals surface area contributed by atoms with E-state index in [1.54, 1.807) is 11.3 Å². The van der Waals surface area contributed by atoms with Gasteiger partial charge in [0.25, 0.3) is 11.1 Å². The highest BCUT2D eigenvalue weighted by atomic mass is 32.2. The predicted octanol–water partition coefficient (Wildman–Crippen LogP) is 4.93. The monoisotopic (exact) mass is 455 g/mol. The molecule has 0 atom stereocenters. The first-order chi connectivity index (χ1) is 14.6. The lowest BCUT2D eigenvalue weighted by molar-refractivity contribution is -0.113. The van der Waals surface area contributed by atoms with Gasteiger partial charge in [-0.3, -0.25) is 4.79 Å². The van der Waals surface area contributed by atoms with Gasteiger partial charge >= 0.3 is 0 Å². The maximum Gasteiger partial charge on any atom is 0.277 e. The zero-order chi connectivity index (χ0) is 21.1. The summed E-state index contributed by atoms with van der Waals surface area (Å²) in [5.41, 5.74) is 2.31. The zero-order valence-electron chi connectivity index (χ0n) is 16.2. The van der Waals surface area contributed by atoms with Crippen molar-refractivity contribution in [2.45, 2.75) is 25.6 Å². The van der Waals surface area contributed by atoms with Crippen LogP contribution in [-0.2, 0) is 11.3 Å². The number of aromatic nitrogens is 3. The third-order valence-electron chi connectivity index (χ3n) is 4.56. The molecule has 0 aliphatic carbocycles. The van der Waals surface area contributed by atoms with E-state index in [2.05, 4.69) is 21.6 Å². The van der Waals surface area contributed by atoms with Crippen molar-refractivity contribution in [2.75, 3.05) is 11.1 Å². The van der Waals surface area contributed by atoms with E-state index in [1.165, 1.54) is 11.3 Å². The number of nitriles is 1. The summed E-state index contributed by atoms with van der Waals surface area (Å²) < 4.78 is 7.58. The lowest BCUT2D eigenvalue weighted by Crippen LogP contribution is -2.18. The highest BCUT2D eigenvalue weighted by Crippen LogP contribution is 2.29. The normalized spacial score (nSPS) is 10.8. The van der Waals surface area contributed by atoms with Gasteiger partial charge in [-0.05, 0) is 42.3 Å². The van der Waals surface area contributed by atoms with Gasteiger partial charge in [0.15, 0.2) is 0 Å². The lowest BCUT2D eigenvalue weighted by atomic mass is 10.2. The summed E-state index contributed by atoms with van der Waals surface area (Å²) in [6.07, 6.45) is 0. The van der Waals surface area contributed by atoms with Crippen molar-refractivity contribution in [3.63, 3.8) is 0 Å². The van der Waals surface area contributed by atoms with Crippen LogP contribution in [0.15, 0.2) is 44.7 Å². The van der Waals surface area contributed by atoms with Gasteiger partial charge in [-0.1, -0.05) is 23.9 Å². The largest absolute Gasteiger partial charge is 0.410 e. The molecule has 10 heteroatoms. The molecule has 4 aromatic heterocycles. The maximum atomic E-state index is 12.6. The average Bonchev–Trinajstić information content (AvgIpc) is 3.53. The fourth-order valence-electron chi connectivity index (χ4n) is 2.95. The minimum Gasteiger partial charge on any atom is -0.410 e. The van der Waals surface area contributed by atoms with Gasteiger partial charge in [0.1, 0.15) is 11.9 Å². The Morgan fingerprint density at radius 2 is 2.07 bits per heavy atom. The van der Waals surface area contributed by atoms with E-state index in [-0.39, 0.29) is 11.7 Å². The number of nitrogens with zero attached hydrogens (tertiary/aromatic N) is 4. The topological polar surface area (TPSA) is 96.7 Å². The summed E-state index contributed by atoms with van der Waals surface area (Å²) in [6.45, 7) is 4.45. The van der Waals surface area contributed by atoms with E-state index in [0.717, 1.165) is 32.8 Å². The fraction of sp³-hybridized carbons (Fsp3) is 0.200. The minimum absolute atomic E-state index is 0.0964. The Hall–Kier alpha value is -2.87. The van der Waals surface area contributed by atoms with Gasteiger partial charge in [0, 0.05) is 10.6 Å². The average molecular weight is 456 g/mol. The van der Waals surface area contributed by atoms with Crippen LogP contribution in [0.5, 0.6) is 0 Å². The molecule has 0 saturated carbocycles. The summed E-state index contributed by atoms with van der Waals surface area (Å²) in [5, 5.41) is 24.8. The second kappa shape index (κ2) is 8.87. The van der Waals surface area contributed by atoms with Gasteiger partial charge in [0.05, 0.1) is 22.7 Å². The van der Waals surface area contributed by atoms with Crippen molar-refractivity contribution >= 4 is 46.2 Å². The van der Waals surface area contributed by atoms with E-state index in [4.69, 9.17) is 4.42 Å². The second-order valence-electron chi connectivity index (χ2n) is 6.40. The third-order valence-corrected chi connectivity index (χ3v) is 7.10. The first kappa shape index (κ1) is 20.4. The molecule has 0 radical (unpaired) electrons. The van der Waals surface area contributed by atoms with Crippen molar-refractivity contribution in [2.24, 2.45) is 0 Å². The highest BCUT2D eigenvalue weighted by molar-refractivity contribution is 7.99. The van der Waals surface area contributed by atoms with Crippen molar-refractivity contribution in [1.29, 1.82) is 5.26 Å². The number of hydrogen-bond donors (Lipinski definition) is 1. The van der Waals surface area contributed by atoms with Crippen LogP contribution in [0.25, 0.3) is 10.8 Å². The molecule has 152 valence electrons. The number of nitrogens with one attached hydrogen (secondary N) is 1. The molecule has 4 heterocycles. The number of carbonyl (C=O) groups is 1. The lowest BCUT2D eigenvalue weighted by Gasteiger charge is -2.12. The third kappa shape index (κ3) is 4.18.